The lowest BCUT2D eigenvalue weighted by Crippen LogP contribution is -2.40. The number of ether oxygens (including phenoxy) is 1. The van der Waals surface area contributed by atoms with E-state index in [1.54, 1.807) is 17.2 Å². The van der Waals surface area contributed by atoms with Gasteiger partial charge in [0.1, 0.15) is 11.6 Å². The van der Waals surface area contributed by atoms with Gasteiger partial charge in [0.25, 0.3) is 5.91 Å². The molecular weight excluding hydrogens is 356 g/mol. The first kappa shape index (κ1) is 18.7. The normalized spacial score (nSPS) is 14.5. The lowest BCUT2D eigenvalue weighted by molar-refractivity contribution is 0.0302. The molecule has 2 aromatic heterocycles. The van der Waals surface area contributed by atoms with Crippen LogP contribution in [0.3, 0.4) is 0 Å². The third-order valence-electron chi connectivity index (χ3n) is 4.46. The third kappa shape index (κ3) is 4.34. The topological polar surface area (TPSA) is 80.5 Å². The van der Waals surface area contributed by atoms with E-state index in [-0.39, 0.29) is 5.91 Å². The predicted molar refractivity (Wildman–Crippen MR) is 98.8 cm³/mol. The van der Waals surface area contributed by atoms with Crippen molar-refractivity contribution in [2.75, 3.05) is 38.2 Å². The Morgan fingerprint density at radius 2 is 2.12 bits per heavy atom. The maximum absolute atomic E-state index is 12.5. The lowest BCUT2D eigenvalue weighted by atomic mass is 10.1. The molecule has 3 heterocycles. The van der Waals surface area contributed by atoms with Crippen LogP contribution in [0.2, 0.25) is 5.02 Å². The second-order valence-electron chi connectivity index (χ2n) is 6.29. The summed E-state index contributed by atoms with van der Waals surface area (Å²) < 4.78 is 10.4. The Morgan fingerprint density at radius 1 is 1.35 bits per heavy atom. The van der Waals surface area contributed by atoms with Crippen LogP contribution in [0.4, 0.5) is 5.82 Å². The molecule has 7 nitrogen and oxygen atoms in total. The highest BCUT2D eigenvalue weighted by molar-refractivity contribution is 6.33. The highest BCUT2D eigenvalue weighted by Crippen LogP contribution is 2.21. The molecule has 0 saturated carbocycles. The zero-order valence-electron chi connectivity index (χ0n) is 15.0. The maximum atomic E-state index is 12.5. The van der Waals surface area contributed by atoms with Gasteiger partial charge in [-0.1, -0.05) is 16.8 Å². The molecule has 3 rings (SSSR count). The van der Waals surface area contributed by atoms with Crippen LogP contribution in [0.15, 0.2) is 16.8 Å². The minimum atomic E-state index is -0.0624. The van der Waals surface area contributed by atoms with Crippen molar-refractivity contribution in [1.29, 1.82) is 0 Å². The monoisotopic (exact) mass is 378 g/mol. The van der Waals surface area contributed by atoms with E-state index in [0.717, 1.165) is 29.9 Å². The first-order chi connectivity index (χ1) is 12.6. The zero-order chi connectivity index (χ0) is 18.5. The van der Waals surface area contributed by atoms with Gasteiger partial charge in [-0.05, 0) is 32.8 Å². The number of aryl methyl sites for hydroxylation is 2. The van der Waals surface area contributed by atoms with E-state index in [1.807, 2.05) is 13.8 Å². The van der Waals surface area contributed by atoms with Crippen LogP contribution in [0.1, 0.15) is 33.8 Å². The van der Waals surface area contributed by atoms with Crippen LogP contribution in [0, 0.1) is 13.8 Å². The molecule has 0 atom stereocenters. The fraction of sp³-hybridized carbons (Fsp3) is 0.500. The van der Waals surface area contributed by atoms with E-state index in [1.165, 1.54) is 0 Å². The van der Waals surface area contributed by atoms with E-state index < -0.39 is 0 Å². The van der Waals surface area contributed by atoms with Gasteiger partial charge in [0, 0.05) is 31.4 Å². The molecule has 0 unspecified atom stereocenters. The van der Waals surface area contributed by atoms with Gasteiger partial charge in [-0.2, -0.15) is 0 Å². The van der Waals surface area contributed by atoms with E-state index in [4.69, 9.17) is 20.9 Å². The summed E-state index contributed by atoms with van der Waals surface area (Å²) in [6, 6.07) is 1.67. The number of hydrogen-bond donors (Lipinski definition) is 1. The van der Waals surface area contributed by atoms with Gasteiger partial charge in [-0.15, -0.1) is 0 Å². The van der Waals surface area contributed by atoms with Gasteiger partial charge >= 0.3 is 0 Å². The molecule has 1 fully saturated rings. The summed E-state index contributed by atoms with van der Waals surface area (Å²) in [4.78, 5) is 18.5. The van der Waals surface area contributed by atoms with E-state index in [2.05, 4.69) is 15.5 Å². The summed E-state index contributed by atoms with van der Waals surface area (Å²) in [6.07, 6.45) is 3.34. The molecular formula is C18H23ClN4O3. The van der Waals surface area contributed by atoms with Crippen molar-refractivity contribution in [1.82, 2.24) is 15.0 Å². The van der Waals surface area contributed by atoms with E-state index >= 15 is 0 Å². The van der Waals surface area contributed by atoms with E-state index in [9.17, 15) is 4.79 Å². The van der Waals surface area contributed by atoms with Gasteiger partial charge in [0.2, 0.25) is 0 Å². The Bertz CT molecular complexity index is 752. The van der Waals surface area contributed by atoms with Gasteiger partial charge in [-0.3, -0.25) is 4.79 Å². The number of carbonyl (C=O) groups excluding carboxylic acids is 1. The number of anilines is 1. The smallest absolute Gasteiger partial charge is 0.255 e. The Hall–Kier alpha value is -2.12. The largest absolute Gasteiger partial charge is 0.378 e. The van der Waals surface area contributed by atoms with Crippen LogP contribution in [0.25, 0.3) is 0 Å². The van der Waals surface area contributed by atoms with Crippen molar-refractivity contribution in [2.24, 2.45) is 0 Å². The first-order valence-corrected chi connectivity index (χ1v) is 9.12. The molecule has 2 aromatic rings. The molecule has 1 aliphatic heterocycles. The van der Waals surface area contributed by atoms with Crippen LogP contribution >= 0.6 is 11.6 Å². The van der Waals surface area contributed by atoms with Crippen molar-refractivity contribution in [3.8, 4) is 0 Å². The zero-order valence-corrected chi connectivity index (χ0v) is 15.8. The molecule has 0 aromatic carbocycles. The van der Waals surface area contributed by atoms with Gasteiger partial charge in [0.05, 0.1) is 29.5 Å². The minimum absolute atomic E-state index is 0.0624. The van der Waals surface area contributed by atoms with Crippen LogP contribution in [0.5, 0.6) is 0 Å². The molecule has 26 heavy (non-hydrogen) atoms. The fourth-order valence-corrected chi connectivity index (χ4v) is 3.20. The molecule has 0 bridgehead atoms. The molecule has 1 saturated heterocycles. The second-order valence-corrected chi connectivity index (χ2v) is 6.70. The van der Waals surface area contributed by atoms with Crippen molar-refractivity contribution in [2.45, 2.75) is 26.7 Å². The molecule has 0 aliphatic carbocycles. The highest BCUT2D eigenvalue weighted by atomic mass is 35.5. The Morgan fingerprint density at radius 3 is 2.77 bits per heavy atom. The molecule has 0 spiro atoms. The number of amides is 1. The quantitative estimate of drug-likeness (QED) is 0.778. The molecule has 1 aliphatic rings. The summed E-state index contributed by atoms with van der Waals surface area (Å²) in [6.45, 7) is 6.91. The fourth-order valence-electron chi connectivity index (χ4n) is 2.96. The van der Waals surface area contributed by atoms with Crippen LogP contribution < -0.4 is 5.32 Å². The molecule has 1 N–H and O–H groups in total. The van der Waals surface area contributed by atoms with Crippen molar-refractivity contribution >= 4 is 23.3 Å². The summed E-state index contributed by atoms with van der Waals surface area (Å²) in [5.41, 5.74) is 2.58. The first-order valence-electron chi connectivity index (χ1n) is 8.74. The molecule has 140 valence electrons. The standard InChI is InChI=1S/C18H23ClN4O3/c1-12-15(13(2)26-22-12)4-3-5-20-17-16(19)10-14(11-21-17)18(24)23-6-8-25-9-7-23/h10-11H,3-9H2,1-2H3,(H,20,21). The number of morpholine rings is 1. The second kappa shape index (κ2) is 8.51. The third-order valence-corrected chi connectivity index (χ3v) is 4.75. The van der Waals surface area contributed by atoms with Crippen molar-refractivity contribution in [3.63, 3.8) is 0 Å². The van der Waals surface area contributed by atoms with Crippen molar-refractivity contribution < 1.29 is 14.1 Å². The highest BCUT2D eigenvalue weighted by Gasteiger charge is 2.19. The number of rotatable bonds is 6. The van der Waals surface area contributed by atoms with Gasteiger partial charge in [0.15, 0.2) is 0 Å². The Kier molecular flexibility index (Phi) is 6.11. The average Bonchev–Trinajstić information content (AvgIpc) is 2.98. The van der Waals surface area contributed by atoms with Gasteiger partial charge < -0.3 is 19.5 Å². The van der Waals surface area contributed by atoms with Gasteiger partial charge in [-0.25, -0.2) is 4.98 Å². The number of hydrogen-bond acceptors (Lipinski definition) is 6. The summed E-state index contributed by atoms with van der Waals surface area (Å²) in [5, 5.41) is 7.63. The Labute approximate surface area is 157 Å². The molecule has 1 amide bonds. The molecule has 0 radical (unpaired) electrons. The number of nitrogens with one attached hydrogen (secondary N) is 1. The summed E-state index contributed by atoms with van der Waals surface area (Å²) >= 11 is 6.30. The lowest BCUT2D eigenvalue weighted by Gasteiger charge is -2.26. The average molecular weight is 379 g/mol. The maximum Gasteiger partial charge on any atom is 0.255 e. The van der Waals surface area contributed by atoms with Crippen molar-refractivity contribution in [3.05, 3.63) is 39.9 Å². The predicted octanol–water partition coefficient (Wildman–Crippen LogP) is 2.86. The van der Waals surface area contributed by atoms with Crippen LogP contribution in [-0.4, -0.2) is 53.8 Å². The number of pyridine rings is 1. The Balaban J connectivity index is 1.53. The van der Waals surface area contributed by atoms with E-state index in [0.29, 0.717) is 49.3 Å². The summed E-state index contributed by atoms with van der Waals surface area (Å²) in [5.74, 6) is 1.39. The minimum Gasteiger partial charge on any atom is -0.378 e. The number of halogens is 1. The molecule has 8 heteroatoms. The number of carbonyl (C=O) groups is 1. The van der Waals surface area contributed by atoms with Crippen LogP contribution in [-0.2, 0) is 11.2 Å². The SMILES string of the molecule is Cc1noc(C)c1CCCNc1ncc(C(=O)N2CCOCC2)cc1Cl. The number of aromatic nitrogens is 2. The number of nitrogens with zero attached hydrogens (tertiary/aromatic N) is 3. The summed E-state index contributed by atoms with van der Waals surface area (Å²) in [7, 11) is 0.